The molecule has 0 N–H and O–H groups in total. The molecule has 0 unspecified atom stereocenters. The number of thiol groups is 2. The van der Waals surface area contributed by atoms with Crippen molar-refractivity contribution in [3.8, 4) is 0 Å². The van der Waals surface area contributed by atoms with Crippen molar-refractivity contribution in [2.75, 3.05) is 0 Å². The number of carbonyl (C=O) groups is 1. The van der Waals surface area contributed by atoms with E-state index in [0.29, 0.717) is 0 Å². The van der Waals surface area contributed by atoms with Gasteiger partial charge >= 0.3 is 6.09 Å². The number of hydrogen-bond donors (Lipinski definition) is 2. The lowest BCUT2D eigenvalue weighted by atomic mass is 10.0. The zero-order valence-electron chi connectivity index (χ0n) is 10.0. The Hall–Kier alpha value is -1.59. The first-order valence-corrected chi connectivity index (χ1v) is 6.47. The Morgan fingerprint density at radius 2 is 1.32 bits per heavy atom. The SMILES string of the molecule is O=C(OC(c1ccccc1)c1ccccc1)N(S)S. The Labute approximate surface area is 123 Å². The first kappa shape index (κ1) is 13.8. The van der Waals surface area contributed by atoms with E-state index >= 15 is 0 Å². The molecule has 0 fully saturated rings. The fourth-order valence-corrected chi connectivity index (χ4v) is 1.83. The van der Waals surface area contributed by atoms with Crippen molar-refractivity contribution in [1.82, 2.24) is 3.71 Å². The molecule has 1 amide bonds. The largest absolute Gasteiger partial charge is 0.435 e. The van der Waals surface area contributed by atoms with Gasteiger partial charge in [-0.15, -0.1) is 0 Å². The molecule has 0 spiro atoms. The van der Waals surface area contributed by atoms with Crippen molar-refractivity contribution in [3.63, 3.8) is 0 Å². The van der Waals surface area contributed by atoms with Crippen LogP contribution in [0.1, 0.15) is 17.2 Å². The highest BCUT2D eigenvalue weighted by Crippen LogP contribution is 2.27. The molecule has 2 rings (SSSR count). The molecule has 0 saturated carbocycles. The topological polar surface area (TPSA) is 29.5 Å². The predicted octanol–water partition coefficient (Wildman–Crippen LogP) is 3.90. The van der Waals surface area contributed by atoms with E-state index in [0.717, 1.165) is 14.8 Å². The molecule has 0 heterocycles. The summed E-state index contributed by atoms with van der Waals surface area (Å²) in [4.78, 5) is 11.7. The van der Waals surface area contributed by atoms with E-state index in [2.05, 4.69) is 25.6 Å². The maximum absolute atomic E-state index is 11.7. The highest BCUT2D eigenvalue weighted by atomic mass is 32.2. The Kier molecular flexibility index (Phi) is 4.76. The first-order valence-electron chi connectivity index (χ1n) is 5.67. The van der Waals surface area contributed by atoms with E-state index in [4.69, 9.17) is 4.74 Å². The number of nitrogens with zero attached hydrogens (tertiary/aromatic N) is 1. The second-order valence-corrected chi connectivity index (χ2v) is 4.99. The molecule has 0 radical (unpaired) electrons. The van der Waals surface area contributed by atoms with E-state index in [1.807, 2.05) is 60.7 Å². The molecule has 0 aliphatic carbocycles. The van der Waals surface area contributed by atoms with E-state index in [9.17, 15) is 4.79 Å². The van der Waals surface area contributed by atoms with Gasteiger partial charge in [0.05, 0.1) is 0 Å². The van der Waals surface area contributed by atoms with Crippen LogP contribution in [0.5, 0.6) is 0 Å². The van der Waals surface area contributed by atoms with Crippen LogP contribution in [-0.4, -0.2) is 9.80 Å². The summed E-state index contributed by atoms with van der Waals surface area (Å²) >= 11 is 7.63. The summed E-state index contributed by atoms with van der Waals surface area (Å²) in [6.45, 7) is 0. The van der Waals surface area contributed by atoms with Crippen molar-refractivity contribution in [1.29, 1.82) is 0 Å². The van der Waals surface area contributed by atoms with Gasteiger partial charge in [-0.1, -0.05) is 60.7 Å². The zero-order valence-corrected chi connectivity index (χ0v) is 11.8. The summed E-state index contributed by atoms with van der Waals surface area (Å²) in [5.41, 5.74) is 1.79. The smallest absolute Gasteiger partial charge is 0.430 e. The highest BCUT2D eigenvalue weighted by Gasteiger charge is 2.20. The molecule has 0 aliphatic heterocycles. The van der Waals surface area contributed by atoms with E-state index in [1.165, 1.54) is 0 Å². The van der Waals surface area contributed by atoms with Gasteiger partial charge in [0.15, 0.2) is 6.10 Å². The van der Waals surface area contributed by atoms with Crippen LogP contribution >= 0.6 is 25.6 Å². The van der Waals surface area contributed by atoms with Crippen molar-refractivity contribution in [2.24, 2.45) is 0 Å². The third-order valence-corrected chi connectivity index (χ3v) is 2.91. The normalized spacial score (nSPS) is 10.3. The summed E-state index contributed by atoms with van der Waals surface area (Å²) in [6, 6.07) is 19.1. The molecule has 3 nitrogen and oxygen atoms in total. The number of carbonyl (C=O) groups excluding carboxylic acids is 1. The van der Waals surface area contributed by atoms with Gasteiger partial charge in [-0.25, -0.2) is 4.79 Å². The molecule has 5 heteroatoms. The molecule has 2 aromatic carbocycles. The molecule has 2 aromatic rings. The van der Waals surface area contributed by atoms with E-state index in [1.54, 1.807) is 0 Å². The van der Waals surface area contributed by atoms with Gasteiger partial charge in [-0.3, -0.25) is 0 Å². The molecule has 0 aliphatic rings. The molecule has 0 bridgehead atoms. The molecular formula is C14H13NO2S2. The van der Waals surface area contributed by atoms with Crippen molar-refractivity contribution in [3.05, 3.63) is 71.8 Å². The highest BCUT2D eigenvalue weighted by molar-refractivity contribution is 7.94. The number of rotatable bonds is 3. The number of amides is 1. The second-order valence-electron chi connectivity index (χ2n) is 3.87. The molecule has 0 saturated heterocycles. The Balaban J connectivity index is 2.32. The maximum Gasteiger partial charge on any atom is 0.430 e. The Morgan fingerprint density at radius 3 is 1.68 bits per heavy atom. The maximum atomic E-state index is 11.7. The van der Waals surface area contributed by atoms with Crippen molar-refractivity contribution >= 4 is 31.7 Å². The average Bonchev–Trinajstić information content (AvgIpc) is 2.46. The van der Waals surface area contributed by atoms with Crippen LogP contribution in [0.25, 0.3) is 0 Å². The van der Waals surface area contributed by atoms with Crippen molar-refractivity contribution < 1.29 is 9.53 Å². The van der Waals surface area contributed by atoms with Crippen LogP contribution < -0.4 is 0 Å². The fourth-order valence-electron chi connectivity index (χ4n) is 1.73. The summed E-state index contributed by atoms with van der Waals surface area (Å²) < 4.78 is 6.24. The second kappa shape index (κ2) is 6.54. The lowest BCUT2D eigenvalue weighted by Gasteiger charge is -2.20. The average molecular weight is 291 g/mol. The fraction of sp³-hybridized carbons (Fsp3) is 0.0714. The number of ether oxygens (including phenoxy) is 1. The standard InChI is InChI=1S/C14H13NO2S2/c16-14(15(18)19)17-13(11-7-3-1-4-8-11)12-9-5-2-6-10-12/h1-10,13,18-19H. The third-order valence-electron chi connectivity index (χ3n) is 2.59. The minimum absolute atomic E-state index is 0.475. The number of benzene rings is 2. The summed E-state index contributed by atoms with van der Waals surface area (Å²) in [5, 5.41) is 0. The molecule has 0 aromatic heterocycles. The van der Waals surface area contributed by atoms with Gasteiger partial charge in [0.2, 0.25) is 0 Å². The molecule has 98 valence electrons. The Bertz CT molecular complexity index is 492. The quantitative estimate of drug-likeness (QED) is 0.840. The van der Waals surface area contributed by atoms with Gasteiger partial charge in [-0.05, 0) is 36.8 Å². The molecule has 0 atom stereocenters. The van der Waals surface area contributed by atoms with Crippen LogP contribution in [-0.2, 0) is 4.74 Å². The summed E-state index contributed by atoms with van der Waals surface area (Å²) in [6.07, 6.45) is -1.10. The number of hydrogen-bond acceptors (Lipinski definition) is 4. The minimum atomic E-state index is -0.621. The third kappa shape index (κ3) is 3.68. The minimum Gasteiger partial charge on any atom is -0.435 e. The van der Waals surface area contributed by atoms with Crippen LogP contribution in [0.15, 0.2) is 60.7 Å². The first-order chi connectivity index (χ1) is 9.18. The predicted molar refractivity (Wildman–Crippen MR) is 81.0 cm³/mol. The lowest BCUT2D eigenvalue weighted by Crippen LogP contribution is -2.18. The van der Waals surface area contributed by atoms with Crippen molar-refractivity contribution in [2.45, 2.75) is 6.10 Å². The van der Waals surface area contributed by atoms with Gasteiger partial charge in [0, 0.05) is 0 Å². The van der Waals surface area contributed by atoms with Crippen LogP contribution in [0.3, 0.4) is 0 Å². The van der Waals surface area contributed by atoms with E-state index in [-0.39, 0.29) is 0 Å². The van der Waals surface area contributed by atoms with Gasteiger partial charge in [0.25, 0.3) is 0 Å². The van der Waals surface area contributed by atoms with Crippen LogP contribution in [0, 0.1) is 0 Å². The lowest BCUT2D eigenvalue weighted by molar-refractivity contribution is 0.113. The molecule has 19 heavy (non-hydrogen) atoms. The monoisotopic (exact) mass is 291 g/mol. The van der Waals surface area contributed by atoms with Crippen LogP contribution in [0.2, 0.25) is 0 Å². The van der Waals surface area contributed by atoms with Gasteiger partial charge in [-0.2, -0.15) is 3.71 Å². The van der Waals surface area contributed by atoms with Crippen LogP contribution in [0.4, 0.5) is 4.79 Å². The Morgan fingerprint density at radius 1 is 0.895 bits per heavy atom. The van der Waals surface area contributed by atoms with Gasteiger partial charge in [0.1, 0.15) is 0 Å². The van der Waals surface area contributed by atoms with E-state index < -0.39 is 12.2 Å². The summed E-state index contributed by atoms with van der Waals surface area (Å²) in [5.74, 6) is 0. The zero-order chi connectivity index (χ0) is 13.7. The summed E-state index contributed by atoms with van der Waals surface area (Å²) in [7, 11) is 0. The van der Waals surface area contributed by atoms with Gasteiger partial charge < -0.3 is 4.74 Å². The molecular weight excluding hydrogens is 278 g/mol.